The molecule has 0 aromatic rings. The van der Waals surface area contributed by atoms with Crippen LogP contribution in [0.5, 0.6) is 0 Å². The van der Waals surface area contributed by atoms with Crippen molar-refractivity contribution < 1.29 is 9.53 Å². The normalized spacial score (nSPS) is 25.4. The first kappa shape index (κ1) is 15.4. The highest BCUT2D eigenvalue weighted by Gasteiger charge is 2.29. The number of amides is 1. The number of carbonyl (C=O) groups excluding carboxylic acids is 1. The predicted octanol–water partition coefficient (Wildman–Crippen LogP) is 0.339. The van der Waals surface area contributed by atoms with Gasteiger partial charge in [-0.25, -0.2) is 0 Å². The minimum atomic E-state index is -0.299. The minimum absolute atomic E-state index is 0.00324. The molecule has 1 saturated heterocycles. The van der Waals surface area contributed by atoms with Crippen LogP contribution in [0, 0.1) is 0 Å². The van der Waals surface area contributed by atoms with Gasteiger partial charge in [-0.15, -0.1) is 0 Å². The summed E-state index contributed by atoms with van der Waals surface area (Å²) < 4.78 is 5.55. The molecule has 1 amide bonds. The molecule has 106 valence electrons. The van der Waals surface area contributed by atoms with Crippen LogP contribution in [-0.2, 0) is 9.53 Å². The van der Waals surface area contributed by atoms with Gasteiger partial charge in [0.2, 0.25) is 5.91 Å². The van der Waals surface area contributed by atoms with E-state index in [1.807, 2.05) is 0 Å². The van der Waals surface area contributed by atoms with E-state index < -0.39 is 0 Å². The Morgan fingerprint density at radius 3 is 2.83 bits per heavy atom. The SMILES string of the molecule is CCC(C)N(C)CCNC(=O)C1CCC(CN)O1. The van der Waals surface area contributed by atoms with Gasteiger partial charge in [-0.3, -0.25) is 4.79 Å². The Hall–Kier alpha value is -0.650. The van der Waals surface area contributed by atoms with E-state index in [-0.39, 0.29) is 18.1 Å². The summed E-state index contributed by atoms with van der Waals surface area (Å²) >= 11 is 0. The predicted molar refractivity (Wildman–Crippen MR) is 72.3 cm³/mol. The number of nitrogens with zero attached hydrogens (tertiary/aromatic N) is 1. The third-order valence-corrected chi connectivity index (χ3v) is 3.77. The maximum Gasteiger partial charge on any atom is 0.249 e. The second-order valence-electron chi connectivity index (χ2n) is 5.09. The molecule has 0 bridgehead atoms. The summed E-state index contributed by atoms with van der Waals surface area (Å²) in [5.41, 5.74) is 5.52. The van der Waals surface area contributed by atoms with E-state index in [2.05, 4.69) is 31.1 Å². The highest BCUT2D eigenvalue weighted by Crippen LogP contribution is 2.18. The summed E-state index contributed by atoms with van der Waals surface area (Å²) in [6, 6.07) is 0.547. The molecule has 1 aliphatic rings. The lowest BCUT2D eigenvalue weighted by atomic mass is 10.2. The first-order valence-electron chi connectivity index (χ1n) is 6.92. The molecule has 18 heavy (non-hydrogen) atoms. The molecule has 0 aromatic carbocycles. The van der Waals surface area contributed by atoms with Gasteiger partial charge in [-0.2, -0.15) is 0 Å². The summed E-state index contributed by atoms with van der Waals surface area (Å²) in [6.07, 6.45) is 2.56. The van der Waals surface area contributed by atoms with Gasteiger partial charge in [0, 0.05) is 25.7 Å². The van der Waals surface area contributed by atoms with Crippen molar-refractivity contribution in [2.75, 3.05) is 26.7 Å². The van der Waals surface area contributed by atoms with Gasteiger partial charge in [0.15, 0.2) is 0 Å². The van der Waals surface area contributed by atoms with E-state index in [1.54, 1.807) is 0 Å². The van der Waals surface area contributed by atoms with Gasteiger partial charge < -0.3 is 20.7 Å². The number of nitrogens with two attached hydrogens (primary N) is 1. The Morgan fingerprint density at radius 2 is 2.28 bits per heavy atom. The van der Waals surface area contributed by atoms with Crippen molar-refractivity contribution in [1.29, 1.82) is 0 Å². The van der Waals surface area contributed by atoms with E-state index in [0.29, 0.717) is 19.1 Å². The number of rotatable bonds is 7. The molecule has 1 aliphatic heterocycles. The lowest BCUT2D eigenvalue weighted by Gasteiger charge is -2.23. The molecule has 0 aromatic heterocycles. The van der Waals surface area contributed by atoms with Crippen molar-refractivity contribution in [1.82, 2.24) is 10.2 Å². The van der Waals surface area contributed by atoms with Crippen molar-refractivity contribution in [3.63, 3.8) is 0 Å². The van der Waals surface area contributed by atoms with E-state index >= 15 is 0 Å². The summed E-state index contributed by atoms with van der Waals surface area (Å²) in [4.78, 5) is 14.1. The number of nitrogens with one attached hydrogen (secondary N) is 1. The fourth-order valence-corrected chi connectivity index (χ4v) is 2.07. The zero-order valence-corrected chi connectivity index (χ0v) is 11.8. The Bertz CT molecular complexity index is 261. The van der Waals surface area contributed by atoms with Gasteiger partial charge in [0.05, 0.1) is 6.10 Å². The molecule has 0 saturated carbocycles. The molecule has 0 spiro atoms. The van der Waals surface area contributed by atoms with Crippen LogP contribution in [0.2, 0.25) is 0 Å². The molecular formula is C13H27N3O2. The third kappa shape index (κ3) is 4.55. The van der Waals surface area contributed by atoms with Gasteiger partial charge >= 0.3 is 0 Å². The first-order valence-corrected chi connectivity index (χ1v) is 6.92. The lowest BCUT2D eigenvalue weighted by molar-refractivity contribution is -0.131. The maximum atomic E-state index is 11.8. The summed E-state index contributed by atoms with van der Waals surface area (Å²) in [5, 5.41) is 2.93. The van der Waals surface area contributed by atoms with E-state index in [9.17, 15) is 4.79 Å². The average molecular weight is 257 g/mol. The highest BCUT2D eigenvalue weighted by molar-refractivity contribution is 5.81. The van der Waals surface area contributed by atoms with Crippen LogP contribution in [0.3, 0.4) is 0 Å². The van der Waals surface area contributed by atoms with E-state index in [0.717, 1.165) is 25.8 Å². The van der Waals surface area contributed by atoms with Crippen LogP contribution in [0.15, 0.2) is 0 Å². The van der Waals surface area contributed by atoms with Crippen LogP contribution < -0.4 is 11.1 Å². The van der Waals surface area contributed by atoms with Gasteiger partial charge in [-0.1, -0.05) is 6.92 Å². The molecule has 0 radical (unpaired) electrons. The van der Waals surface area contributed by atoms with Crippen molar-refractivity contribution in [3.8, 4) is 0 Å². The van der Waals surface area contributed by atoms with E-state index in [4.69, 9.17) is 10.5 Å². The minimum Gasteiger partial charge on any atom is -0.364 e. The topological polar surface area (TPSA) is 67.6 Å². The lowest BCUT2D eigenvalue weighted by Crippen LogP contribution is -2.41. The van der Waals surface area contributed by atoms with Crippen molar-refractivity contribution in [2.45, 2.75) is 51.4 Å². The van der Waals surface area contributed by atoms with Gasteiger partial charge in [0.1, 0.15) is 6.10 Å². The fraction of sp³-hybridized carbons (Fsp3) is 0.923. The number of carbonyl (C=O) groups is 1. The van der Waals surface area contributed by atoms with Gasteiger partial charge in [0.25, 0.3) is 0 Å². The number of ether oxygens (including phenoxy) is 1. The Kier molecular flexibility index (Phi) is 6.60. The van der Waals surface area contributed by atoms with Crippen molar-refractivity contribution >= 4 is 5.91 Å². The second-order valence-corrected chi connectivity index (χ2v) is 5.09. The summed E-state index contributed by atoms with van der Waals surface area (Å²) in [7, 11) is 2.08. The molecule has 1 heterocycles. The zero-order chi connectivity index (χ0) is 13.5. The molecule has 1 fully saturated rings. The number of likely N-dealkylation sites (N-methyl/N-ethyl adjacent to an activating group) is 1. The second kappa shape index (κ2) is 7.71. The molecule has 3 unspecified atom stereocenters. The third-order valence-electron chi connectivity index (χ3n) is 3.77. The molecule has 0 aliphatic carbocycles. The van der Waals surface area contributed by atoms with Crippen LogP contribution in [0.1, 0.15) is 33.1 Å². The Labute approximate surface area is 110 Å². The smallest absolute Gasteiger partial charge is 0.249 e. The quantitative estimate of drug-likeness (QED) is 0.690. The molecule has 5 heteroatoms. The van der Waals surface area contributed by atoms with Crippen molar-refractivity contribution in [2.24, 2.45) is 5.73 Å². The van der Waals surface area contributed by atoms with Crippen LogP contribution in [0.4, 0.5) is 0 Å². The molecule has 3 N–H and O–H groups in total. The number of hydrogen-bond acceptors (Lipinski definition) is 4. The molecular weight excluding hydrogens is 230 g/mol. The van der Waals surface area contributed by atoms with E-state index in [1.165, 1.54) is 0 Å². The monoisotopic (exact) mass is 257 g/mol. The Morgan fingerprint density at radius 1 is 1.56 bits per heavy atom. The average Bonchev–Trinajstić information content (AvgIpc) is 2.86. The Balaban J connectivity index is 2.18. The number of hydrogen-bond donors (Lipinski definition) is 2. The van der Waals surface area contributed by atoms with Crippen LogP contribution in [-0.4, -0.2) is 55.7 Å². The maximum absolute atomic E-state index is 11.8. The molecule has 3 atom stereocenters. The first-order chi connectivity index (χ1) is 8.58. The largest absolute Gasteiger partial charge is 0.364 e. The molecule has 1 rings (SSSR count). The standard InChI is InChI=1S/C13H27N3O2/c1-4-10(2)16(3)8-7-15-13(17)12-6-5-11(9-14)18-12/h10-12H,4-9,14H2,1-3H3,(H,15,17). The highest BCUT2D eigenvalue weighted by atomic mass is 16.5. The van der Waals surface area contributed by atoms with Crippen LogP contribution in [0.25, 0.3) is 0 Å². The fourth-order valence-electron chi connectivity index (χ4n) is 2.07. The van der Waals surface area contributed by atoms with Gasteiger partial charge in [-0.05, 0) is 33.2 Å². The summed E-state index contributed by atoms with van der Waals surface area (Å²) in [6.45, 7) is 6.40. The zero-order valence-electron chi connectivity index (χ0n) is 11.8. The molecule has 5 nitrogen and oxygen atoms in total. The van der Waals surface area contributed by atoms with Crippen molar-refractivity contribution in [3.05, 3.63) is 0 Å². The van der Waals surface area contributed by atoms with Crippen LogP contribution >= 0.6 is 0 Å². The summed E-state index contributed by atoms with van der Waals surface area (Å²) in [5.74, 6) is 0.00324.